The molecule has 0 aliphatic heterocycles. The lowest BCUT2D eigenvalue weighted by molar-refractivity contribution is 0.102. The molecule has 0 heterocycles. The first-order chi connectivity index (χ1) is 12.5. The second-order valence-electron chi connectivity index (χ2n) is 6.46. The van der Waals surface area contributed by atoms with Gasteiger partial charge in [0.25, 0.3) is 5.91 Å². The zero-order valence-corrected chi connectivity index (χ0v) is 15.8. The van der Waals surface area contributed by atoms with Crippen LogP contribution in [0.1, 0.15) is 48.9 Å². The van der Waals surface area contributed by atoms with Gasteiger partial charge < -0.3 is 5.32 Å². The van der Waals surface area contributed by atoms with Crippen molar-refractivity contribution in [3.05, 3.63) is 58.6 Å². The van der Waals surface area contributed by atoms with Crippen LogP contribution < -0.4 is 5.32 Å². The van der Waals surface area contributed by atoms with Crippen LogP contribution >= 0.6 is 23.4 Å². The van der Waals surface area contributed by atoms with E-state index in [1.807, 2.05) is 0 Å². The van der Waals surface area contributed by atoms with E-state index in [0.717, 1.165) is 12.8 Å². The molecule has 2 aromatic carbocycles. The molecule has 6 heteroatoms. The van der Waals surface area contributed by atoms with Crippen LogP contribution in [0.5, 0.6) is 0 Å². The molecule has 0 saturated heterocycles. The summed E-state index contributed by atoms with van der Waals surface area (Å²) < 4.78 is 27.4. The summed E-state index contributed by atoms with van der Waals surface area (Å²) in [5, 5.41) is 2.99. The van der Waals surface area contributed by atoms with Crippen LogP contribution in [0.25, 0.3) is 0 Å². The molecule has 1 amide bonds. The molecular formula is C20H20ClF2NOS. The van der Waals surface area contributed by atoms with E-state index in [1.165, 1.54) is 67.8 Å². The Kier molecular flexibility index (Phi) is 6.54. The molecule has 0 unspecified atom stereocenters. The normalized spacial score (nSPS) is 15.5. The third-order valence-corrected chi connectivity index (χ3v) is 6.13. The largest absolute Gasteiger partial charge is 0.322 e. The van der Waals surface area contributed by atoms with Crippen LogP contribution in [-0.4, -0.2) is 11.2 Å². The summed E-state index contributed by atoms with van der Waals surface area (Å²) >= 11 is 7.25. The molecule has 2 nitrogen and oxygen atoms in total. The number of hydrogen-bond donors (Lipinski definition) is 1. The zero-order valence-electron chi connectivity index (χ0n) is 14.2. The molecule has 0 atom stereocenters. The van der Waals surface area contributed by atoms with Crippen molar-refractivity contribution in [3.63, 3.8) is 0 Å². The molecule has 1 saturated carbocycles. The van der Waals surface area contributed by atoms with E-state index in [-0.39, 0.29) is 16.7 Å². The van der Waals surface area contributed by atoms with E-state index in [1.54, 1.807) is 6.07 Å². The second kappa shape index (κ2) is 8.87. The Morgan fingerprint density at radius 1 is 1.00 bits per heavy atom. The number of rotatable bonds is 4. The lowest BCUT2D eigenvalue weighted by Crippen LogP contribution is -2.12. The van der Waals surface area contributed by atoms with Gasteiger partial charge in [-0.05, 0) is 49.2 Å². The van der Waals surface area contributed by atoms with Gasteiger partial charge in [-0.2, -0.15) is 0 Å². The van der Waals surface area contributed by atoms with Crippen molar-refractivity contribution >= 4 is 35.0 Å². The van der Waals surface area contributed by atoms with E-state index in [0.29, 0.717) is 21.4 Å². The SMILES string of the molecule is O=C(Nc1ccc(F)c(Cl)c1)c1ccc(F)c(SC2CCCCCC2)c1. The summed E-state index contributed by atoms with van der Waals surface area (Å²) in [4.78, 5) is 12.9. The maximum absolute atomic E-state index is 14.2. The molecule has 0 bridgehead atoms. The zero-order chi connectivity index (χ0) is 18.5. The number of hydrogen-bond acceptors (Lipinski definition) is 2. The Labute approximate surface area is 161 Å². The highest BCUT2D eigenvalue weighted by molar-refractivity contribution is 8.00. The highest BCUT2D eigenvalue weighted by atomic mass is 35.5. The molecule has 0 aromatic heterocycles. The van der Waals surface area contributed by atoms with E-state index in [2.05, 4.69) is 5.32 Å². The maximum Gasteiger partial charge on any atom is 0.255 e. The predicted octanol–water partition coefficient (Wildman–Crippen LogP) is 6.69. The number of nitrogens with one attached hydrogen (secondary N) is 1. The van der Waals surface area contributed by atoms with Gasteiger partial charge in [0.1, 0.15) is 11.6 Å². The third-order valence-electron chi connectivity index (χ3n) is 4.47. The summed E-state index contributed by atoms with van der Waals surface area (Å²) in [5.74, 6) is -1.23. The number of carbonyl (C=O) groups excluding carboxylic acids is 1. The molecule has 2 aromatic rings. The minimum atomic E-state index is -0.548. The number of carbonyl (C=O) groups is 1. The Morgan fingerprint density at radius 2 is 1.69 bits per heavy atom. The van der Waals surface area contributed by atoms with Gasteiger partial charge in [0.05, 0.1) is 5.02 Å². The van der Waals surface area contributed by atoms with E-state index in [9.17, 15) is 13.6 Å². The van der Waals surface area contributed by atoms with E-state index >= 15 is 0 Å². The molecule has 0 spiro atoms. The number of halogens is 3. The summed E-state index contributed by atoms with van der Waals surface area (Å²) in [5.41, 5.74) is 0.756. The second-order valence-corrected chi connectivity index (χ2v) is 8.21. The Hall–Kier alpha value is -1.59. The molecular weight excluding hydrogens is 376 g/mol. The lowest BCUT2D eigenvalue weighted by Gasteiger charge is -2.15. The third kappa shape index (κ3) is 4.98. The predicted molar refractivity (Wildman–Crippen MR) is 103 cm³/mol. The number of benzene rings is 2. The van der Waals surface area contributed by atoms with Crippen molar-refractivity contribution < 1.29 is 13.6 Å². The van der Waals surface area contributed by atoms with Crippen molar-refractivity contribution in [3.8, 4) is 0 Å². The van der Waals surface area contributed by atoms with E-state index < -0.39 is 5.82 Å². The molecule has 1 N–H and O–H groups in total. The summed E-state index contributed by atoms with van der Waals surface area (Å²) in [6.45, 7) is 0. The van der Waals surface area contributed by atoms with Gasteiger partial charge in [-0.1, -0.05) is 37.3 Å². The minimum Gasteiger partial charge on any atom is -0.322 e. The van der Waals surface area contributed by atoms with Crippen LogP contribution in [0, 0.1) is 11.6 Å². The maximum atomic E-state index is 14.2. The fourth-order valence-corrected chi connectivity index (χ4v) is 4.54. The first kappa shape index (κ1) is 19.2. The highest BCUT2D eigenvalue weighted by Crippen LogP contribution is 2.34. The molecule has 1 fully saturated rings. The average molecular weight is 396 g/mol. The topological polar surface area (TPSA) is 29.1 Å². The fraction of sp³-hybridized carbons (Fsp3) is 0.350. The van der Waals surface area contributed by atoms with Gasteiger partial charge in [-0.25, -0.2) is 8.78 Å². The average Bonchev–Trinajstić information content (AvgIpc) is 2.89. The van der Waals surface area contributed by atoms with Crippen LogP contribution in [0.15, 0.2) is 41.3 Å². The number of amides is 1. The van der Waals surface area contributed by atoms with Gasteiger partial charge in [0.15, 0.2) is 0 Å². The van der Waals surface area contributed by atoms with Crippen molar-refractivity contribution in [1.82, 2.24) is 0 Å². The Morgan fingerprint density at radius 3 is 2.38 bits per heavy atom. The van der Waals surface area contributed by atoms with Gasteiger partial charge in [0, 0.05) is 21.4 Å². The molecule has 1 aliphatic carbocycles. The first-order valence-electron chi connectivity index (χ1n) is 8.75. The highest BCUT2D eigenvalue weighted by Gasteiger charge is 2.17. The molecule has 138 valence electrons. The van der Waals surface area contributed by atoms with Crippen LogP contribution in [0.2, 0.25) is 5.02 Å². The molecule has 3 rings (SSSR count). The lowest BCUT2D eigenvalue weighted by atomic mass is 10.2. The van der Waals surface area contributed by atoms with Crippen LogP contribution in [-0.2, 0) is 0 Å². The van der Waals surface area contributed by atoms with Gasteiger partial charge in [-0.3, -0.25) is 4.79 Å². The summed E-state index contributed by atoms with van der Waals surface area (Å²) in [7, 11) is 0. The first-order valence-corrected chi connectivity index (χ1v) is 10.0. The monoisotopic (exact) mass is 395 g/mol. The summed E-state index contributed by atoms with van der Waals surface area (Å²) in [6, 6.07) is 8.34. The Bertz CT molecular complexity index is 791. The van der Waals surface area contributed by atoms with Gasteiger partial charge in [0.2, 0.25) is 0 Å². The van der Waals surface area contributed by atoms with Gasteiger partial charge >= 0.3 is 0 Å². The van der Waals surface area contributed by atoms with Crippen molar-refractivity contribution in [1.29, 1.82) is 0 Å². The smallest absolute Gasteiger partial charge is 0.255 e. The Balaban J connectivity index is 1.73. The summed E-state index contributed by atoms with van der Waals surface area (Å²) in [6.07, 6.45) is 6.98. The van der Waals surface area contributed by atoms with E-state index in [4.69, 9.17) is 11.6 Å². The van der Waals surface area contributed by atoms with Crippen molar-refractivity contribution in [2.24, 2.45) is 0 Å². The van der Waals surface area contributed by atoms with Crippen LogP contribution in [0.3, 0.4) is 0 Å². The number of thioether (sulfide) groups is 1. The van der Waals surface area contributed by atoms with Crippen molar-refractivity contribution in [2.45, 2.75) is 48.7 Å². The van der Waals surface area contributed by atoms with Crippen molar-refractivity contribution in [2.75, 3.05) is 5.32 Å². The minimum absolute atomic E-state index is 0.0634. The van der Waals surface area contributed by atoms with Crippen LogP contribution in [0.4, 0.5) is 14.5 Å². The molecule has 1 aliphatic rings. The molecule has 26 heavy (non-hydrogen) atoms. The number of anilines is 1. The fourth-order valence-electron chi connectivity index (χ4n) is 3.05. The quantitative estimate of drug-likeness (QED) is 0.584. The molecule has 0 radical (unpaired) electrons. The van der Waals surface area contributed by atoms with Gasteiger partial charge in [-0.15, -0.1) is 11.8 Å². The standard InChI is InChI=1S/C20H20ClF2NOS/c21-16-12-14(8-10-17(16)22)24-20(25)13-7-9-18(23)19(11-13)26-15-5-3-1-2-4-6-15/h7-12,15H,1-6H2,(H,24,25).